The van der Waals surface area contributed by atoms with Crippen molar-refractivity contribution in [2.45, 2.75) is 13.5 Å². The van der Waals surface area contributed by atoms with Gasteiger partial charge in [-0.05, 0) is 19.1 Å². The van der Waals surface area contributed by atoms with E-state index in [9.17, 15) is 4.79 Å². The lowest BCUT2D eigenvalue weighted by molar-refractivity contribution is 0.102. The first-order valence-corrected chi connectivity index (χ1v) is 6.41. The number of carbonyl (C=O) groups excluding carboxylic acids is 1. The first-order chi connectivity index (χ1) is 9.70. The van der Waals surface area contributed by atoms with Gasteiger partial charge in [-0.2, -0.15) is 0 Å². The van der Waals surface area contributed by atoms with Crippen molar-refractivity contribution in [3.05, 3.63) is 54.2 Å². The van der Waals surface area contributed by atoms with Gasteiger partial charge in [0.2, 0.25) is 5.78 Å². The normalized spacial score (nSPS) is 10.8. The van der Waals surface area contributed by atoms with E-state index in [0.29, 0.717) is 29.3 Å². The standard InChI is InChI=1S/C15H14N4O/c1-2-19-8-7-17-15(19)14(20)13-9-11(16)10-5-3-4-6-12(10)18-13/h3-9H,2H2,1H3,(H2,16,18). The molecule has 2 heterocycles. The van der Waals surface area contributed by atoms with Crippen LogP contribution in [0.15, 0.2) is 42.7 Å². The van der Waals surface area contributed by atoms with Gasteiger partial charge < -0.3 is 10.3 Å². The Bertz CT molecular complexity index is 791. The van der Waals surface area contributed by atoms with Crippen LogP contribution in [-0.4, -0.2) is 20.3 Å². The maximum atomic E-state index is 12.5. The molecule has 5 nitrogen and oxygen atoms in total. The zero-order valence-corrected chi connectivity index (χ0v) is 11.1. The fourth-order valence-corrected chi connectivity index (χ4v) is 2.21. The average Bonchev–Trinajstić information content (AvgIpc) is 2.95. The predicted molar refractivity (Wildman–Crippen MR) is 77.5 cm³/mol. The number of nitrogen functional groups attached to an aromatic ring is 1. The van der Waals surface area contributed by atoms with Crippen molar-refractivity contribution >= 4 is 22.4 Å². The number of aryl methyl sites for hydroxylation is 1. The summed E-state index contributed by atoms with van der Waals surface area (Å²) in [4.78, 5) is 21.0. The van der Waals surface area contributed by atoms with Crippen LogP contribution >= 0.6 is 0 Å². The molecule has 2 N–H and O–H groups in total. The first kappa shape index (κ1) is 12.3. The number of ketones is 1. The highest BCUT2D eigenvalue weighted by molar-refractivity contribution is 6.08. The van der Waals surface area contributed by atoms with Gasteiger partial charge in [0, 0.05) is 30.0 Å². The van der Waals surface area contributed by atoms with Crippen LogP contribution in [0.2, 0.25) is 0 Å². The summed E-state index contributed by atoms with van der Waals surface area (Å²) in [6.07, 6.45) is 3.39. The smallest absolute Gasteiger partial charge is 0.246 e. The van der Waals surface area contributed by atoms with Gasteiger partial charge in [0.15, 0.2) is 5.82 Å². The number of imidazole rings is 1. The van der Waals surface area contributed by atoms with Crippen molar-refractivity contribution in [1.29, 1.82) is 0 Å². The molecule has 3 aromatic rings. The molecule has 5 heteroatoms. The number of carbonyl (C=O) groups is 1. The van der Waals surface area contributed by atoms with Crippen molar-refractivity contribution in [2.75, 3.05) is 5.73 Å². The maximum absolute atomic E-state index is 12.5. The van der Waals surface area contributed by atoms with Crippen LogP contribution in [0.4, 0.5) is 5.69 Å². The Balaban J connectivity index is 2.13. The van der Waals surface area contributed by atoms with Crippen molar-refractivity contribution in [1.82, 2.24) is 14.5 Å². The van der Waals surface area contributed by atoms with E-state index in [2.05, 4.69) is 9.97 Å². The van der Waals surface area contributed by atoms with E-state index in [4.69, 9.17) is 5.73 Å². The van der Waals surface area contributed by atoms with E-state index in [0.717, 1.165) is 5.39 Å². The Hall–Kier alpha value is -2.69. The Morgan fingerprint density at radius 2 is 2.15 bits per heavy atom. The highest BCUT2D eigenvalue weighted by Gasteiger charge is 2.17. The molecule has 20 heavy (non-hydrogen) atoms. The monoisotopic (exact) mass is 266 g/mol. The summed E-state index contributed by atoms with van der Waals surface area (Å²) in [5, 5.41) is 0.850. The molecule has 100 valence electrons. The fourth-order valence-electron chi connectivity index (χ4n) is 2.21. The highest BCUT2D eigenvalue weighted by atomic mass is 16.1. The topological polar surface area (TPSA) is 73.8 Å². The molecule has 0 aliphatic rings. The lowest BCUT2D eigenvalue weighted by atomic mass is 10.1. The van der Waals surface area contributed by atoms with Crippen molar-refractivity contribution in [2.24, 2.45) is 0 Å². The summed E-state index contributed by atoms with van der Waals surface area (Å²) in [5.41, 5.74) is 7.58. The van der Waals surface area contributed by atoms with Gasteiger partial charge in [0.05, 0.1) is 5.52 Å². The predicted octanol–water partition coefficient (Wildman–Crippen LogP) is 2.26. The van der Waals surface area contributed by atoms with Gasteiger partial charge >= 0.3 is 0 Å². The average molecular weight is 266 g/mol. The van der Waals surface area contributed by atoms with Gasteiger partial charge in [-0.1, -0.05) is 18.2 Å². The van der Waals surface area contributed by atoms with Crippen LogP contribution in [0.1, 0.15) is 23.2 Å². The molecule has 0 saturated heterocycles. The third-order valence-corrected chi connectivity index (χ3v) is 3.24. The van der Waals surface area contributed by atoms with Crippen molar-refractivity contribution in [3.63, 3.8) is 0 Å². The molecule has 0 spiro atoms. The number of aromatic nitrogens is 3. The Morgan fingerprint density at radius 3 is 2.95 bits per heavy atom. The van der Waals surface area contributed by atoms with E-state index in [1.54, 1.807) is 23.0 Å². The number of anilines is 1. The highest BCUT2D eigenvalue weighted by Crippen LogP contribution is 2.21. The molecular weight excluding hydrogens is 252 g/mol. The second-order valence-corrected chi connectivity index (χ2v) is 4.48. The van der Waals surface area contributed by atoms with E-state index in [-0.39, 0.29) is 5.78 Å². The largest absolute Gasteiger partial charge is 0.398 e. The molecule has 0 aliphatic carbocycles. The van der Waals surface area contributed by atoms with Crippen LogP contribution < -0.4 is 5.73 Å². The zero-order chi connectivity index (χ0) is 14.1. The second kappa shape index (κ2) is 4.77. The number of para-hydroxylation sites is 1. The van der Waals surface area contributed by atoms with Gasteiger partial charge in [-0.15, -0.1) is 0 Å². The SMILES string of the molecule is CCn1ccnc1C(=O)c1cc(N)c2ccccc2n1. The number of hydrogen-bond acceptors (Lipinski definition) is 4. The van der Waals surface area contributed by atoms with E-state index in [1.165, 1.54) is 0 Å². The van der Waals surface area contributed by atoms with Gasteiger partial charge in [-0.25, -0.2) is 9.97 Å². The van der Waals surface area contributed by atoms with Crippen LogP contribution in [0.25, 0.3) is 10.9 Å². The van der Waals surface area contributed by atoms with Crippen LogP contribution in [0, 0.1) is 0 Å². The molecule has 3 rings (SSSR count). The summed E-state index contributed by atoms with van der Waals surface area (Å²) >= 11 is 0. The minimum absolute atomic E-state index is 0.214. The number of pyridine rings is 1. The summed E-state index contributed by atoms with van der Waals surface area (Å²) in [5.74, 6) is 0.170. The third kappa shape index (κ3) is 1.93. The number of fused-ring (bicyclic) bond motifs is 1. The van der Waals surface area contributed by atoms with E-state index in [1.807, 2.05) is 31.2 Å². The second-order valence-electron chi connectivity index (χ2n) is 4.48. The molecule has 0 atom stereocenters. The van der Waals surface area contributed by atoms with Crippen LogP contribution in [-0.2, 0) is 6.54 Å². The lowest BCUT2D eigenvalue weighted by Gasteiger charge is -2.06. The van der Waals surface area contributed by atoms with Gasteiger partial charge in [0.25, 0.3) is 0 Å². The van der Waals surface area contributed by atoms with Gasteiger partial charge in [-0.3, -0.25) is 4.79 Å². The van der Waals surface area contributed by atoms with Crippen molar-refractivity contribution in [3.8, 4) is 0 Å². The summed E-state index contributed by atoms with van der Waals surface area (Å²) < 4.78 is 1.79. The molecule has 0 bridgehead atoms. The van der Waals surface area contributed by atoms with Gasteiger partial charge in [0.1, 0.15) is 5.69 Å². The first-order valence-electron chi connectivity index (χ1n) is 6.41. The minimum Gasteiger partial charge on any atom is -0.398 e. The number of rotatable bonds is 3. The number of benzene rings is 1. The molecule has 0 aliphatic heterocycles. The summed E-state index contributed by atoms with van der Waals surface area (Å²) in [7, 11) is 0. The molecule has 0 radical (unpaired) electrons. The number of hydrogen-bond donors (Lipinski definition) is 1. The zero-order valence-electron chi connectivity index (χ0n) is 11.1. The minimum atomic E-state index is -0.214. The maximum Gasteiger partial charge on any atom is 0.246 e. The summed E-state index contributed by atoms with van der Waals surface area (Å²) in [6.45, 7) is 2.64. The Morgan fingerprint density at radius 1 is 1.35 bits per heavy atom. The number of nitrogens with zero attached hydrogens (tertiary/aromatic N) is 3. The molecule has 0 saturated carbocycles. The molecule has 0 unspecified atom stereocenters. The molecular formula is C15H14N4O. The summed E-state index contributed by atoms with van der Waals surface area (Å²) in [6, 6.07) is 9.11. The van der Waals surface area contributed by atoms with E-state index < -0.39 is 0 Å². The molecule has 1 aromatic carbocycles. The quantitative estimate of drug-likeness (QED) is 0.738. The fraction of sp³-hybridized carbons (Fsp3) is 0.133. The van der Waals surface area contributed by atoms with E-state index >= 15 is 0 Å². The molecule has 2 aromatic heterocycles. The Labute approximate surface area is 116 Å². The van der Waals surface area contributed by atoms with Crippen LogP contribution in [0.5, 0.6) is 0 Å². The molecule has 0 amide bonds. The Kier molecular flexibility index (Phi) is 2.95. The third-order valence-electron chi connectivity index (χ3n) is 3.24. The number of nitrogens with two attached hydrogens (primary N) is 1. The van der Waals surface area contributed by atoms with Crippen molar-refractivity contribution < 1.29 is 4.79 Å². The van der Waals surface area contributed by atoms with Crippen LogP contribution in [0.3, 0.4) is 0 Å². The lowest BCUT2D eigenvalue weighted by Crippen LogP contribution is -2.12. The molecule has 0 fully saturated rings.